The summed E-state index contributed by atoms with van der Waals surface area (Å²) in [6, 6.07) is 17.1. The highest BCUT2D eigenvalue weighted by molar-refractivity contribution is 5.81. The molecule has 2 nitrogen and oxygen atoms in total. The molecule has 2 N–H and O–H groups in total. The Balaban J connectivity index is 2.15. The van der Waals surface area contributed by atoms with E-state index in [1.54, 1.807) is 0 Å². The first-order chi connectivity index (χ1) is 9.70. The van der Waals surface area contributed by atoms with Crippen molar-refractivity contribution in [3.8, 4) is 0 Å². The van der Waals surface area contributed by atoms with E-state index in [9.17, 15) is 0 Å². The van der Waals surface area contributed by atoms with Crippen LogP contribution in [0, 0.1) is 13.8 Å². The van der Waals surface area contributed by atoms with E-state index in [1.165, 1.54) is 33.3 Å². The highest BCUT2D eigenvalue weighted by Gasteiger charge is 2.10. The van der Waals surface area contributed by atoms with Gasteiger partial charge in [0.2, 0.25) is 0 Å². The Morgan fingerprint density at radius 3 is 2.35 bits per heavy atom. The Bertz CT molecular complexity index is 733. The van der Waals surface area contributed by atoms with E-state index in [0.29, 0.717) is 6.54 Å². The van der Waals surface area contributed by atoms with Gasteiger partial charge in [-0.2, -0.15) is 0 Å². The predicted molar refractivity (Wildman–Crippen MR) is 84.8 cm³/mol. The molecule has 3 rings (SSSR count). The third kappa shape index (κ3) is 2.12. The van der Waals surface area contributed by atoms with Crippen molar-refractivity contribution < 1.29 is 0 Å². The molecule has 0 aliphatic carbocycles. The summed E-state index contributed by atoms with van der Waals surface area (Å²) in [5, 5.41) is 1.26. The van der Waals surface area contributed by atoms with Crippen LogP contribution in [0.1, 0.15) is 22.4 Å². The van der Waals surface area contributed by atoms with E-state index >= 15 is 0 Å². The second kappa shape index (κ2) is 5.14. The molecule has 0 aliphatic rings. The minimum Gasteiger partial charge on any atom is -0.339 e. The Morgan fingerprint density at radius 2 is 1.65 bits per heavy atom. The molecular weight excluding hydrogens is 244 g/mol. The van der Waals surface area contributed by atoms with Crippen molar-refractivity contribution in [3.63, 3.8) is 0 Å². The van der Waals surface area contributed by atoms with Crippen molar-refractivity contribution in [2.24, 2.45) is 5.73 Å². The Hall–Kier alpha value is -2.06. The van der Waals surface area contributed by atoms with E-state index in [0.717, 1.165) is 6.54 Å². The van der Waals surface area contributed by atoms with Crippen molar-refractivity contribution in [2.45, 2.75) is 26.9 Å². The molecule has 0 fully saturated rings. The zero-order valence-electron chi connectivity index (χ0n) is 12.1. The van der Waals surface area contributed by atoms with Gasteiger partial charge in [0.1, 0.15) is 0 Å². The molecule has 0 bridgehead atoms. The smallest absolute Gasteiger partial charge is 0.0486 e. The van der Waals surface area contributed by atoms with E-state index in [2.05, 4.69) is 66.9 Å². The summed E-state index contributed by atoms with van der Waals surface area (Å²) in [6.45, 7) is 5.81. The first kappa shape index (κ1) is 12.9. The molecule has 20 heavy (non-hydrogen) atoms. The molecule has 102 valence electrons. The molecule has 1 aromatic heterocycles. The van der Waals surface area contributed by atoms with Crippen molar-refractivity contribution >= 4 is 10.9 Å². The van der Waals surface area contributed by atoms with Gasteiger partial charge in [0.15, 0.2) is 0 Å². The van der Waals surface area contributed by atoms with Crippen molar-refractivity contribution in [3.05, 3.63) is 70.9 Å². The van der Waals surface area contributed by atoms with Crippen LogP contribution in [0.15, 0.2) is 48.5 Å². The van der Waals surface area contributed by atoms with E-state index in [4.69, 9.17) is 5.73 Å². The van der Waals surface area contributed by atoms with Gasteiger partial charge in [-0.1, -0.05) is 36.4 Å². The standard InChI is InChI=1S/C18H20N2/c1-13-6-5-7-14(2)17(13)12-20-16(11-19)10-15-8-3-4-9-18(15)20/h3-10H,11-12,19H2,1-2H3. The number of aromatic nitrogens is 1. The molecule has 1 heterocycles. The highest BCUT2D eigenvalue weighted by Crippen LogP contribution is 2.23. The maximum Gasteiger partial charge on any atom is 0.0486 e. The quantitative estimate of drug-likeness (QED) is 0.767. The largest absolute Gasteiger partial charge is 0.339 e. The summed E-state index contributed by atoms with van der Waals surface area (Å²) in [6.07, 6.45) is 0. The van der Waals surface area contributed by atoms with Gasteiger partial charge >= 0.3 is 0 Å². The molecule has 0 atom stereocenters. The second-order valence-corrected chi connectivity index (χ2v) is 5.36. The summed E-state index contributed by atoms with van der Waals surface area (Å²) >= 11 is 0. The lowest BCUT2D eigenvalue weighted by Gasteiger charge is -2.14. The zero-order valence-corrected chi connectivity index (χ0v) is 12.1. The lowest BCUT2D eigenvalue weighted by atomic mass is 10.0. The summed E-state index contributed by atoms with van der Waals surface area (Å²) in [5.41, 5.74) is 12.4. The third-order valence-corrected chi connectivity index (χ3v) is 4.07. The van der Waals surface area contributed by atoms with Gasteiger partial charge in [0.25, 0.3) is 0 Å². The third-order valence-electron chi connectivity index (χ3n) is 4.07. The molecule has 0 saturated heterocycles. The Morgan fingerprint density at radius 1 is 0.950 bits per heavy atom. The number of aryl methyl sites for hydroxylation is 2. The van der Waals surface area contributed by atoms with Crippen molar-refractivity contribution in [2.75, 3.05) is 0 Å². The van der Waals surface area contributed by atoms with Crippen LogP contribution in [0.5, 0.6) is 0 Å². The fourth-order valence-electron chi connectivity index (χ4n) is 2.88. The van der Waals surface area contributed by atoms with Gasteiger partial charge in [0, 0.05) is 24.3 Å². The first-order valence-electron chi connectivity index (χ1n) is 7.03. The number of hydrogen-bond donors (Lipinski definition) is 1. The minimum atomic E-state index is 0.569. The number of rotatable bonds is 3. The van der Waals surface area contributed by atoms with Crippen LogP contribution in [0.3, 0.4) is 0 Å². The topological polar surface area (TPSA) is 30.9 Å². The molecule has 2 aromatic carbocycles. The lowest BCUT2D eigenvalue weighted by Crippen LogP contribution is -2.10. The number of nitrogens with zero attached hydrogens (tertiary/aromatic N) is 1. The van der Waals surface area contributed by atoms with Crippen LogP contribution in [0.25, 0.3) is 10.9 Å². The fraction of sp³-hybridized carbons (Fsp3) is 0.222. The molecule has 2 heteroatoms. The van der Waals surface area contributed by atoms with Crippen LogP contribution in [0.2, 0.25) is 0 Å². The zero-order chi connectivity index (χ0) is 14.1. The minimum absolute atomic E-state index is 0.569. The summed E-state index contributed by atoms with van der Waals surface area (Å²) < 4.78 is 2.34. The molecular formula is C18H20N2. The summed E-state index contributed by atoms with van der Waals surface area (Å²) in [4.78, 5) is 0. The van der Waals surface area contributed by atoms with Crippen LogP contribution in [0.4, 0.5) is 0 Å². The Kier molecular flexibility index (Phi) is 3.33. The van der Waals surface area contributed by atoms with Crippen LogP contribution in [-0.2, 0) is 13.1 Å². The van der Waals surface area contributed by atoms with Gasteiger partial charge in [-0.05, 0) is 48.1 Å². The maximum absolute atomic E-state index is 5.92. The van der Waals surface area contributed by atoms with E-state index in [1.807, 2.05) is 0 Å². The van der Waals surface area contributed by atoms with Crippen LogP contribution >= 0.6 is 0 Å². The number of fused-ring (bicyclic) bond motifs is 1. The molecule has 0 saturated carbocycles. The van der Waals surface area contributed by atoms with Crippen molar-refractivity contribution in [1.29, 1.82) is 0 Å². The van der Waals surface area contributed by atoms with Gasteiger partial charge in [-0.15, -0.1) is 0 Å². The molecule has 0 aliphatic heterocycles. The van der Waals surface area contributed by atoms with Gasteiger partial charge in [-0.25, -0.2) is 0 Å². The normalized spacial score (nSPS) is 11.2. The average molecular weight is 264 g/mol. The van der Waals surface area contributed by atoms with Crippen molar-refractivity contribution in [1.82, 2.24) is 4.57 Å². The average Bonchev–Trinajstić information content (AvgIpc) is 2.81. The maximum atomic E-state index is 5.92. The number of nitrogens with two attached hydrogens (primary N) is 1. The summed E-state index contributed by atoms with van der Waals surface area (Å²) in [7, 11) is 0. The monoisotopic (exact) mass is 264 g/mol. The molecule has 0 amide bonds. The number of para-hydroxylation sites is 1. The second-order valence-electron chi connectivity index (χ2n) is 5.36. The van der Waals surface area contributed by atoms with Crippen LogP contribution < -0.4 is 5.73 Å². The van der Waals surface area contributed by atoms with Gasteiger partial charge in [0.05, 0.1) is 0 Å². The predicted octanol–water partition coefficient (Wildman–Crippen LogP) is 3.77. The summed E-state index contributed by atoms with van der Waals surface area (Å²) in [5.74, 6) is 0. The number of hydrogen-bond acceptors (Lipinski definition) is 1. The fourth-order valence-corrected chi connectivity index (χ4v) is 2.88. The molecule has 0 radical (unpaired) electrons. The van der Waals surface area contributed by atoms with Gasteiger partial charge in [-0.3, -0.25) is 0 Å². The SMILES string of the molecule is Cc1cccc(C)c1Cn1c(CN)cc2ccccc21. The van der Waals surface area contributed by atoms with E-state index in [-0.39, 0.29) is 0 Å². The lowest BCUT2D eigenvalue weighted by molar-refractivity contribution is 0.760. The van der Waals surface area contributed by atoms with Crippen LogP contribution in [-0.4, -0.2) is 4.57 Å². The molecule has 0 spiro atoms. The Labute approximate surface area is 119 Å². The molecule has 3 aromatic rings. The van der Waals surface area contributed by atoms with Gasteiger partial charge < -0.3 is 10.3 Å². The number of benzene rings is 2. The molecule has 0 unspecified atom stereocenters. The highest BCUT2D eigenvalue weighted by atomic mass is 15.0. The van der Waals surface area contributed by atoms with E-state index < -0.39 is 0 Å². The first-order valence-corrected chi connectivity index (χ1v) is 7.03.